The zero-order chi connectivity index (χ0) is 30.6. The number of aromatic nitrogens is 5. The van der Waals surface area contributed by atoms with Crippen LogP contribution in [-0.2, 0) is 15.8 Å². The first-order valence-electron chi connectivity index (χ1n) is 14.1. The Labute approximate surface area is 241 Å². The maximum Gasteiger partial charge on any atom is 0.416 e. The van der Waals surface area contributed by atoms with Crippen LogP contribution in [-0.4, -0.2) is 65.3 Å². The smallest absolute Gasteiger partial charge is 0.391 e. The number of amides is 2. The van der Waals surface area contributed by atoms with Crippen molar-refractivity contribution in [1.29, 1.82) is 0 Å². The molecule has 1 aromatic carbocycles. The average molecular weight is 588 g/mol. The maximum atomic E-state index is 14.0. The molecular formula is C29H36F3N7O3. The van der Waals surface area contributed by atoms with Crippen molar-refractivity contribution >= 4 is 11.8 Å². The lowest BCUT2D eigenvalue weighted by molar-refractivity contribution is -0.144. The number of alkyl halides is 3. The molecule has 1 aliphatic carbocycles. The first-order valence-corrected chi connectivity index (χ1v) is 14.1. The summed E-state index contributed by atoms with van der Waals surface area (Å²) in [5, 5.41) is 26.2. The Kier molecular flexibility index (Phi) is 7.67. The van der Waals surface area contributed by atoms with Gasteiger partial charge in [0.2, 0.25) is 11.8 Å². The third-order valence-electron chi connectivity index (χ3n) is 8.00. The summed E-state index contributed by atoms with van der Waals surface area (Å²) in [7, 11) is 0. The van der Waals surface area contributed by atoms with E-state index in [-0.39, 0.29) is 24.6 Å². The van der Waals surface area contributed by atoms with Crippen LogP contribution >= 0.6 is 0 Å². The third kappa shape index (κ3) is 5.92. The summed E-state index contributed by atoms with van der Waals surface area (Å²) in [6.45, 7) is 9.22. The minimum absolute atomic E-state index is 0.00850. The summed E-state index contributed by atoms with van der Waals surface area (Å²) in [6.07, 6.45) is 0.117. The molecule has 3 heterocycles. The largest absolute Gasteiger partial charge is 0.416 e. The fourth-order valence-electron chi connectivity index (χ4n) is 5.64. The van der Waals surface area contributed by atoms with E-state index < -0.39 is 47.3 Å². The molecule has 10 nitrogen and oxygen atoms in total. The van der Waals surface area contributed by atoms with Gasteiger partial charge in [0, 0.05) is 36.3 Å². The molecule has 5 rings (SSSR count). The quantitative estimate of drug-likeness (QED) is 0.430. The Morgan fingerprint density at radius 2 is 1.88 bits per heavy atom. The molecule has 2 amide bonds. The number of nitrogens with zero attached hydrogens (tertiary/aromatic N) is 6. The van der Waals surface area contributed by atoms with Crippen molar-refractivity contribution in [3.63, 3.8) is 0 Å². The average Bonchev–Trinajstić information content (AvgIpc) is 3.31. The number of benzene rings is 1. The molecular weight excluding hydrogens is 551 g/mol. The Balaban J connectivity index is 1.34. The van der Waals surface area contributed by atoms with Gasteiger partial charge in [-0.2, -0.15) is 18.3 Å². The number of carbonyl (C=O) groups excluding carboxylic acids is 2. The normalized spacial score (nSPS) is 20.9. The van der Waals surface area contributed by atoms with E-state index in [4.69, 9.17) is 0 Å². The van der Waals surface area contributed by atoms with E-state index in [1.165, 1.54) is 27.9 Å². The van der Waals surface area contributed by atoms with Crippen LogP contribution in [0.5, 0.6) is 0 Å². The van der Waals surface area contributed by atoms with Gasteiger partial charge in [-0.25, -0.2) is 9.36 Å². The van der Waals surface area contributed by atoms with Crippen LogP contribution in [0.3, 0.4) is 0 Å². The summed E-state index contributed by atoms with van der Waals surface area (Å²) in [5.41, 5.74) is 0.928. The fraction of sp³-hybridized carbons (Fsp3) is 0.552. The van der Waals surface area contributed by atoms with Gasteiger partial charge in [-0.1, -0.05) is 32.1 Å². The molecule has 42 heavy (non-hydrogen) atoms. The van der Waals surface area contributed by atoms with E-state index in [1.54, 1.807) is 24.7 Å². The first kappa shape index (κ1) is 29.7. The van der Waals surface area contributed by atoms with E-state index in [0.29, 0.717) is 17.2 Å². The molecule has 1 saturated carbocycles. The van der Waals surface area contributed by atoms with Gasteiger partial charge in [0.15, 0.2) is 0 Å². The Hall–Kier alpha value is -3.74. The lowest BCUT2D eigenvalue weighted by Gasteiger charge is -2.34. The lowest BCUT2D eigenvalue weighted by atomic mass is 9.85. The highest BCUT2D eigenvalue weighted by molar-refractivity contribution is 5.90. The predicted octanol–water partition coefficient (Wildman–Crippen LogP) is 4.09. The number of aliphatic hydroxyl groups is 1. The van der Waals surface area contributed by atoms with Gasteiger partial charge in [0.1, 0.15) is 12.1 Å². The van der Waals surface area contributed by atoms with Crippen molar-refractivity contribution in [2.45, 2.75) is 90.2 Å². The topological polar surface area (TPSA) is 118 Å². The number of hydrogen-bond acceptors (Lipinski definition) is 6. The van der Waals surface area contributed by atoms with Crippen molar-refractivity contribution in [1.82, 2.24) is 35.0 Å². The first-order chi connectivity index (χ1) is 19.6. The molecule has 2 fully saturated rings. The second-order valence-electron chi connectivity index (χ2n) is 12.4. The molecule has 226 valence electrons. The van der Waals surface area contributed by atoms with Crippen LogP contribution in [0.15, 0.2) is 36.7 Å². The number of rotatable bonds is 7. The van der Waals surface area contributed by atoms with Crippen LogP contribution in [0.25, 0.3) is 5.69 Å². The van der Waals surface area contributed by atoms with E-state index in [0.717, 1.165) is 30.7 Å². The van der Waals surface area contributed by atoms with Gasteiger partial charge in [-0.3, -0.25) is 9.59 Å². The summed E-state index contributed by atoms with van der Waals surface area (Å²) in [5.74, 6) is -0.402. The Bertz CT molecular complexity index is 1470. The number of carbonyl (C=O) groups is 2. The number of nitrogens with one attached hydrogen (secondary N) is 1. The summed E-state index contributed by atoms with van der Waals surface area (Å²) >= 11 is 0. The number of β-amino-alcohol motifs (C(OH)–C–C–N with tert-alkyl or cyclic N) is 1. The molecule has 2 aromatic heterocycles. The van der Waals surface area contributed by atoms with Gasteiger partial charge in [-0.15, -0.1) is 5.10 Å². The second kappa shape index (κ2) is 10.8. The highest BCUT2D eigenvalue weighted by atomic mass is 19.4. The van der Waals surface area contributed by atoms with Crippen molar-refractivity contribution in [3.05, 3.63) is 59.2 Å². The number of likely N-dealkylation sites (tertiary alicyclic amines) is 1. The molecule has 0 bridgehead atoms. The third-order valence-corrected chi connectivity index (χ3v) is 8.00. The molecule has 2 aliphatic rings. The van der Waals surface area contributed by atoms with Gasteiger partial charge >= 0.3 is 6.18 Å². The van der Waals surface area contributed by atoms with Crippen LogP contribution in [0, 0.1) is 12.3 Å². The van der Waals surface area contributed by atoms with E-state index in [1.807, 2.05) is 20.8 Å². The Morgan fingerprint density at radius 1 is 1.17 bits per heavy atom. The fourth-order valence-corrected chi connectivity index (χ4v) is 5.64. The summed E-state index contributed by atoms with van der Waals surface area (Å²) in [4.78, 5) is 28.9. The zero-order valence-electron chi connectivity index (χ0n) is 24.3. The molecule has 3 aromatic rings. The van der Waals surface area contributed by atoms with E-state index >= 15 is 0 Å². The predicted molar refractivity (Wildman–Crippen MR) is 146 cm³/mol. The SMILES string of the molecule is Cc1c(C(C)NC(=O)C2CC(O)CN2C(=O)[C@@H](n2cc(C3CC3)nn2)C(C)(C)C)cnn1-c1cccc(C(F)(F)F)c1. The molecule has 13 heteroatoms. The molecule has 0 spiro atoms. The number of halogens is 3. The Morgan fingerprint density at radius 3 is 2.52 bits per heavy atom. The van der Waals surface area contributed by atoms with Crippen LogP contribution in [0.1, 0.15) is 87.5 Å². The van der Waals surface area contributed by atoms with E-state index in [9.17, 15) is 27.9 Å². The van der Waals surface area contributed by atoms with Gasteiger partial charge in [0.05, 0.1) is 35.3 Å². The summed E-state index contributed by atoms with van der Waals surface area (Å²) in [6, 6.07) is 2.65. The highest BCUT2D eigenvalue weighted by Gasteiger charge is 2.45. The molecule has 0 radical (unpaired) electrons. The van der Waals surface area contributed by atoms with E-state index in [2.05, 4.69) is 20.7 Å². The maximum absolute atomic E-state index is 14.0. The molecule has 2 N–H and O–H groups in total. The van der Waals surface area contributed by atoms with Crippen LogP contribution in [0.4, 0.5) is 13.2 Å². The van der Waals surface area contributed by atoms with Crippen molar-refractivity contribution in [3.8, 4) is 5.69 Å². The molecule has 1 saturated heterocycles. The number of hydrogen-bond donors (Lipinski definition) is 2. The molecule has 1 aliphatic heterocycles. The lowest BCUT2D eigenvalue weighted by Crippen LogP contribution is -2.50. The van der Waals surface area contributed by atoms with Crippen molar-refractivity contribution < 1.29 is 27.9 Å². The van der Waals surface area contributed by atoms with Crippen molar-refractivity contribution in [2.24, 2.45) is 5.41 Å². The monoisotopic (exact) mass is 587 g/mol. The van der Waals surface area contributed by atoms with Gasteiger partial charge < -0.3 is 15.3 Å². The van der Waals surface area contributed by atoms with Gasteiger partial charge in [0.25, 0.3) is 0 Å². The van der Waals surface area contributed by atoms with Crippen molar-refractivity contribution in [2.75, 3.05) is 6.54 Å². The zero-order valence-corrected chi connectivity index (χ0v) is 24.3. The molecule has 4 atom stereocenters. The minimum Gasteiger partial charge on any atom is -0.391 e. The van der Waals surface area contributed by atoms with Gasteiger partial charge in [-0.05, 0) is 50.3 Å². The standard InChI is InChI=1S/C29H36F3N7O3/c1-16(22-13-33-39(17(22)2)20-8-6-7-19(11-20)29(30,31)32)34-26(41)24-12-21(40)14-37(24)27(42)25(28(3,4)5)38-15-23(35-36-38)18-9-10-18/h6-8,11,13,15-16,18,21,24-25,40H,9-10,12,14H2,1-5H3,(H,34,41)/t16?,21?,24?,25-/m1/s1. The second-order valence-corrected chi connectivity index (χ2v) is 12.4. The molecule has 3 unspecified atom stereocenters. The van der Waals surface area contributed by atoms with Crippen LogP contribution < -0.4 is 5.32 Å². The minimum atomic E-state index is -4.49. The highest BCUT2D eigenvalue weighted by Crippen LogP contribution is 2.40. The summed E-state index contributed by atoms with van der Waals surface area (Å²) < 4.78 is 42.7. The van der Waals surface area contributed by atoms with Crippen LogP contribution in [0.2, 0.25) is 0 Å². The number of aliphatic hydroxyl groups excluding tert-OH is 1.